The molecule has 2 N–H and O–H groups in total. The second-order valence-corrected chi connectivity index (χ2v) is 6.12. The summed E-state index contributed by atoms with van der Waals surface area (Å²) in [6, 6.07) is 8.23. The van der Waals surface area contributed by atoms with E-state index in [0.29, 0.717) is 12.2 Å². The minimum absolute atomic E-state index is 0.0522. The smallest absolute Gasteiger partial charge is 0.272 e. The summed E-state index contributed by atoms with van der Waals surface area (Å²) >= 11 is 0. The Kier molecular flexibility index (Phi) is 3.41. The quantitative estimate of drug-likeness (QED) is 0.777. The van der Waals surface area contributed by atoms with Crippen LogP contribution in [0.1, 0.15) is 33.7 Å². The van der Waals surface area contributed by atoms with E-state index in [0.717, 1.165) is 36.8 Å². The molecule has 2 heterocycles. The zero-order valence-corrected chi connectivity index (χ0v) is 13.2. The number of amides is 1. The van der Waals surface area contributed by atoms with Crippen molar-refractivity contribution in [2.45, 2.75) is 25.7 Å². The van der Waals surface area contributed by atoms with E-state index in [1.807, 2.05) is 30.1 Å². The van der Waals surface area contributed by atoms with Gasteiger partial charge < -0.3 is 10.3 Å². The van der Waals surface area contributed by atoms with Gasteiger partial charge in [-0.2, -0.15) is 5.10 Å². The van der Waals surface area contributed by atoms with Gasteiger partial charge in [0.2, 0.25) is 0 Å². The van der Waals surface area contributed by atoms with Crippen LogP contribution in [0.4, 0.5) is 0 Å². The highest BCUT2D eigenvalue weighted by atomic mass is 16.1. The summed E-state index contributed by atoms with van der Waals surface area (Å²) in [6.45, 7) is 0.617. The van der Waals surface area contributed by atoms with E-state index in [1.165, 1.54) is 16.6 Å². The molecule has 0 saturated carbocycles. The summed E-state index contributed by atoms with van der Waals surface area (Å²) in [4.78, 5) is 15.7. The highest BCUT2D eigenvalue weighted by Crippen LogP contribution is 2.24. The molecule has 1 aliphatic carbocycles. The van der Waals surface area contributed by atoms with Crippen molar-refractivity contribution in [2.75, 3.05) is 6.54 Å². The van der Waals surface area contributed by atoms with E-state index in [4.69, 9.17) is 0 Å². The Bertz CT molecular complexity index is 874. The zero-order chi connectivity index (χ0) is 15.8. The number of hydrogen-bond acceptors (Lipinski definition) is 2. The molecule has 118 valence electrons. The van der Waals surface area contributed by atoms with Gasteiger partial charge in [-0.25, -0.2) is 0 Å². The Labute approximate surface area is 134 Å². The van der Waals surface area contributed by atoms with Gasteiger partial charge in [-0.1, -0.05) is 18.2 Å². The first-order valence-corrected chi connectivity index (χ1v) is 8.12. The predicted octanol–water partition coefficient (Wildman–Crippen LogP) is 2.36. The van der Waals surface area contributed by atoms with Crippen LogP contribution in [0.2, 0.25) is 0 Å². The molecule has 1 aliphatic rings. The van der Waals surface area contributed by atoms with Crippen molar-refractivity contribution >= 4 is 16.8 Å². The molecule has 23 heavy (non-hydrogen) atoms. The molecule has 0 fully saturated rings. The van der Waals surface area contributed by atoms with Crippen molar-refractivity contribution in [3.8, 4) is 0 Å². The molecule has 3 aromatic rings. The molecule has 0 spiro atoms. The number of aromatic amines is 1. The van der Waals surface area contributed by atoms with Gasteiger partial charge in [0, 0.05) is 41.9 Å². The molecule has 0 aliphatic heterocycles. The summed E-state index contributed by atoms with van der Waals surface area (Å²) in [6.07, 6.45) is 5.95. The standard InChI is InChI=1S/C18H20N4O/c1-22-16-8-4-6-14(16)17(21-22)18(23)19-10-9-12-11-20-15-7-3-2-5-13(12)15/h2-3,5,7,11,20H,4,6,8-10H2,1H3,(H,19,23). The van der Waals surface area contributed by atoms with Gasteiger partial charge in [0.05, 0.1) is 0 Å². The Morgan fingerprint density at radius 1 is 1.35 bits per heavy atom. The molecule has 2 aromatic heterocycles. The molecule has 5 nitrogen and oxygen atoms in total. The molecule has 4 rings (SSSR count). The lowest BCUT2D eigenvalue weighted by atomic mass is 10.1. The molecule has 0 atom stereocenters. The third-order valence-corrected chi connectivity index (χ3v) is 4.69. The lowest BCUT2D eigenvalue weighted by Gasteiger charge is -2.04. The lowest BCUT2D eigenvalue weighted by molar-refractivity contribution is 0.0947. The molecule has 5 heteroatoms. The number of carbonyl (C=O) groups is 1. The third-order valence-electron chi connectivity index (χ3n) is 4.69. The van der Waals surface area contributed by atoms with E-state index < -0.39 is 0 Å². The van der Waals surface area contributed by atoms with Crippen LogP contribution in [0.15, 0.2) is 30.5 Å². The first-order chi connectivity index (χ1) is 11.2. The number of benzene rings is 1. The van der Waals surface area contributed by atoms with E-state index >= 15 is 0 Å². The minimum Gasteiger partial charge on any atom is -0.361 e. The van der Waals surface area contributed by atoms with Crippen LogP contribution in [0.3, 0.4) is 0 Å². The molecule has 1 aromatic carbocycles. The topological polar surface area (TPSA) is 62.7 Å². The number of fused-ring (bicyclic) bond motifs is 2. The number of nitrogens with zero attached hydrogens (tertiary/aromatic N) is 2. The number of hydrogen-bond donors (Lipinski definition) is 2. The highest BCUT2D eigenvalue weighted by Gasteiger charge is 2.24. The first-order valence-electron chi connectivity index (χ1n) is 8.12. The van der Waals surface area contributed by atoms with Crippen molar-refractivity contribution in [3.63, 3.8) is 0 Å². The van der Waals surface area contributed by atoms with Gasteiger partial charge in [-0.05, 0) is 37.3 Å². The first kappa shape index (κ1) is 14.1. The van der Waals surface area contributed by atoms with Gasteiger partial charge in [0.25, 0.3) is 5.91 Å². The van der Waals surface area contributed by atoms with E-state index in [2.05, 4.69) is 27.5 Å². The Hall–Kier alpha value is -2.56. The molecule has 0 saturated heterocycles. The number of rotatable bonds is 4. The summed E-state index contributed by atoms with van der Waals surface area (Å²) < 4.78 is 1.86. The molecular weight excluding hydrogens is 288 g/mol. The van der Waals surface area contributed by atoms with Crippen LogP contribution in [0.5, 0.6) is 0 Å². The Balaban J connectivity index is 1.43. The number of aryl methyl sites for hydroxylation is 1. The van der Waals surface area contributed by atoms with Crippen LogP contribution in [0.25, 0.3) is 10.9 Å². The number of H-pyrrole nitrogens is 1. The highest BCUT2D eigenvalue weighted by molar-refractivity contribution is 5.94. The Morgan fingerprint density at radius 2 is 2.22 bits per heavy atom. The maximum atomic E-state index is 12.4. The van der Waals surface area contributed by atoms with Crippen molar-refractivity contribution in [2.24, 2.45) is 7.05 Å². The number of carbonyl (C=O) groups excluding carboxylic acids is 1. The molecule has 0 unspecified atom stereocenters. The minimum atomic E-state index is -0.0522. The summed E-state index contributed by atoms with van der Waals surface area (Å²) in [5.41, 5.74) is 5.33. The fraction of sp³-hybridized carbons (Fsp3) is 0.333. The fourth-order valence-corrected chi connectivity index (χ4v) is 3.53. The van der Waals surface area contributed by atoms with E-state index in [-0.39, 0.29) is 5.91 Å². The van der Waals surface area contributed by atoms with Crippen molar-refractivity contribution in [3.05, 3.63) is 53.0 Å². The largest absolute Gasteiger partial charge is 0.361 e. The molecule has 0 radical (unpaired) electrons. The van der Waals surface area contributed by atoms with Crippen LogP contribution in [-0.4, -0.2) is 27.2 Å². The average molecular weight is 308 g/mol. The average Bonchev–Trinajstić information content (AvgIpc) is 3.25. The zero-order valence-electron chi connectivity index (χ0n) is 13.2. The second-order valence-electron chi connectivity index (χ2n) is 6.12. The van der Waals surface area contributed by atoms with Gasteiger partial charge in [0.15, 0.2) is 5.69 Å². The van der Waals surface area contributed by atoms with Gasteiger partial charge in [-0.15, -0.1) is 0 Å². The SMILES string of the molecule is Cn1nc(C(=O)NCCc2c[nH]c3ccccc23)c2c1CCC2. The van der Waals surface area contributed by atoms with Crippen LogP contribution in [-0.2, 0) is 26.3 Å². The number of para-hydroxylation sites is 1. The number of nitrogens with one attached hydrogen (secondary N) is 2. The maximum absolute atomic E-state index is 12.4. The molecule has 1 amide bonds. The van der Waals surface area contributed by atoms with Crippen molar-refractivity contribution in [1.29, 1.82) is 0 Å². The molecule has 0 bridgehead atoms. The normalized spacial score (nSPS) is 13.4. The predicted molar refractivity (Wildman–Crippen MR) is 89.6 cm³/mol. The monoisotopic (exact) mass is 308 g/mol. The third kappa shape index (κ3) is 2.42. The fourth-order valence-electron chi connectivity index (χ4n) is 3.53. The van der Waals surface area contributed by atoms with Gasteiger partial charge >= 0.3 is 0 Å². The van der Waals surface area contributed by atoms with Crippen LogP contribution < -0.4 is 5.32 Å². The van der Waals surface area contributed by atoms with Gasteiger partial charge in [-0.3, -0.25) is 9.48 Å². The summed E-state index contributed by atoms with van der Waals surface area (Å²) in [5, 5.41) is 8.64. The summed E-state index contributed by atoms with van der Waals surface area (Å²) in [7, 11) is 1.92. The second kappa shape index (κ2) is 5.57. The molecular formula is C18H20N4O. The lowest BCUT2D eigenvalue weighted by Crippen LogP contribution is -2.27. The van der Waals surface area contributed by atoms with Gasteiger partial charge in [0.1, 0.15) is 0 Å². The Morgan fingerprint density at radius 3 is 3.13 bits per heavy atom. The van der Waals surface area contributed by atoms with E-state index in [1.54, 1.807) is 0 Å². The maximum Gasteiger partial charge on any atom is 0.272 e. The number of aromatic nitrogens is 3. The van der Waals surface area contributed by atoms with Crippen molar-refractivity contribution < 1.29 is 4.79 Å². The van der Waals surface area contributed by atoms with E-state index in [9.17, 15) is 4.79 Å². The van der Waals surface area contributed by atoms with Crippen molar-refractivity contribution in [1.82, 2.24) is 20.1 Å². The summed E-state index contributed by atoms with van der Waals surface area (Å²) in [5.74, 6) is -0.0522. The van der Waals surface area contributed by atoms with Crippen LogP contribution in [0, 0.1) is 0 Å². The van der Waals surface area contributed by atoms with Crippen LogP contribution >= 0.6 is 0 Å².